The molecule has 19 heavy (non-hydrogen) atoms. The molecule has 2 fully saturated rings. The Balaban J connectivity index is 2.12. The first kappa shape index (κ1) is 14.6. The summed E-state index contributed by atoms with van der Waals surface area (Å²) in [5, 5.41) is 0. The topological polar surface area (TPSA) is 26.3 Å². The van der Waals surface area contributed by atoms with Crippen LogP contribution in [0.15, 0.2) is 12.2 Å². The summed E-state index contributed by atoms with van der Waals surface area (Å²) in [6.45, 7) is 12.4. The number of carbonyl (C=O) groups excluding carboxylic acids is 1. The fourth-order valence-electron chi connectivity index (χ4n) is 4.30. The number of fused-ring (bicyclic) bond motifs is 1. The highest BCUT2D eigenvalue weighted by atomic mass is 16.6. The van der Waals surface area contributed by atoms with E-state index in [4.69, 9.17) is 4.74 Å². The van der Waals surface area contributed by atoms with Crippen molar-refractivity contribution in [2.75, 3.05) is 0 Å². The van der Waals surface area contributed by atoms with E-state index in [0.29, 0.717) is 17.3 Å². The van der Waals surface area contributed by atoms with Gasteiger partial charge < -0.3 is 4.74 Å². The number of ether oxygens (including phenoxy) is 1. The molecule has 2 heteroatoms. The molecule has 0 aromatic carbocycles. The Morgan fingerprint density at radius 3 is 2.74 bits per heavy atom. The third-order valence-electron chi connectivity index (χ3n) is 5.55. The summed E-state index contributed by atoms with van der Waals surface area (Å²) in [6.07, 6.45) is 7.35. The van der Waals surface area contributed by atoms with Crippen LogP contribution < -0.4 is 0 Å². The van der Waals surface area contributed by atoms with Crippen LogP contribution >= 0.6 is 0 Å². The zero-order valence-corrected chi connectivity index (χ0v) is 12.9. The smallest absolute Gasteiger partial charge is 0.303 e. The zero-order valence-electron chi connectivity index (χ0n) is 12.9. The standard InChI is InChI=1S/C17H28O2/c1-12-7-6-9-17(5)10-8-14(11-15(12)17)16(3,4)19-13(2)18/h14-15H,1,6-11H2,2-5H3/t14-,15-,17-/m1/s1. The molecular weight excluding hydrogens is 236 g/mol. The van der Waals surface area contributed by atoms with Gasteiger partial charge in [0, 0.05) is 6.92 Å². The lowest BCUT2D eigenvalue weighted by Gasteiger charge is -2.51. The summed E-state index contributed by atoms with van der Waals surface area (Å²) < 4.78 is 5.56. The first-order valence-corrected chi connectivity index (χ1v) is 7.62. The van der Waals surface area contributed by atoms with Crippen LogP contribution in [0.1, 0.15) is 66.2 Å². The van der Waals surface area contributed by atoms with Crippen LogP contribution in [-0.2, 0) is 9.53 Å². The molecule has 2 nitrogen and oxygen atoms in total. The maximum Gasteiger partial charge on any atom is 0.303 e. The molecule has 0 saturated heterocycles. The van der Waals surface area contributed by atoms with Crippen LogP contribution in [0.5, 0.6) is 0 Å². The average Bonchev–Trinajstić information content (AvgIpc) is 2.26. The summed E-state index contributed by atoms with van der Waals surface area (Å²) in [4.78, 5) is 11.3. The summed E-state index contributed by atoms with van der Waals surface area (Å²) in [5.74, 6) is 0.917. The molecule has 0 spiro atoms. The van der Waals surface area contributed by atoms with Gasteiger partial charge in [-0.15, -0.1) is 0 Å². The van der Waals surface area contributed by atoms with Crippen LogP contribution in [-0.4, -0.2) is 11.6 Å². The molecule has 0 N–H and O–H groups in total. The fourth-order valence-corrected chi connectivity index (χ4v) is 4.30. The summed E-state index contributed by atoms with van der Waals surface area (Å²) in [7, 11) is 0. The molecular formula is C17H28O2. The highest BCUT2D eigenvalue weighted by molar-refractivity contribution is 5.66. The van der Waals surface area contributed by atoms with E-state index in [1.54, 1.807) is 0 Å². The van der Waals surface area contributed by atoms with Crippen molar-refractivity contribution in [3.05, 3.63) is 12.2 Å². The predicted octanol–water partition coefficient (Wildman–Crippen LogP) is 4.49. The lowest BCUT2D eigenvalue weighted by atomic mass is 9.55. The van der Waals surface area contributed by atoms with Gasteiger partial charge in [-0.05, 0) is 69.6 Å². The Kier molecular flexibility index (Phi) is 3.81. The van der Waals surface area contributed by atoms with Gasteiger partial charge in [0.25, 0.3) is 0 Å². The normalized spacial score (nSPS) is 35.7. The van der Waals surface area contributed by atoms with Gasteiger partial charge in [-0.2, -0.15) is 0 Å². The molecule has 0 heterocycles. The van der Waals surface area contributed by atoms with Crippen molar-refractivity contribution in [2.24, 2.45) is 17.3 Å². The first-order chi connectivity index (χ1) is 8.74. The number of hydrogen-bond donors (Lipinski definition) is 0. The van der Waals surface area contributed by atoms with E-state index < -0.39 is 0 Å². The highest BCUT2D eigenvalue weighted by Gasteiger charge is 2.47. The van der Waals surface area contributed by atoms with Crippen LogP contribution in [0.4, 0.5) is 0 Å². The second-order valence-corrected chi connectivity index (χ2v) is 7.39. The second-order valence-electron chi connectivity index (χ2n) is 7.39. The Morgan fingerprint density at radius 1 is 1.42 bits per heavy atom. The van der Waals surface area contributed by atoms with E-state index in [1.807, 2.05) is 0 Å². The maximum absolute atomic E-state index is 11.3. The number of carbonyl (C=O) groups is 1. The third-order valence-corrected chi connectivity index (χ3v) is 5.55. The number of allylic oxidation sites excluding steroid dienone is 1. The molecule has 0 aromatic heterocycles. The molecule has 0 aromatic rings. The van der Waals surface area contributed by atoms with Crippen LogP contribution in [0.3, 0.4) is 0 Å². The van der Waals surface area contributed by atoms with E-state index >= 15 is 0 Å². The summed E-state index contributed by atoms with van der Waals surface area (Å²) in [6, 6.07) is 0. The van der Waals surface area contributed by atoms with Gasteiger partial charge in [-0.25, -0.2) is 0 Å². The Labute approximate surface area is 117 Å². The highest BCUT2D eigenvalue weighted by Crippen LogP contribution is 2.55. The second kappa shape index (κ2) is 4.96. The van der Waals surface area contributed by atoms with Crippen molar-refractivity contribution in [3.8, 4) is 0 Å². The Morgan fingerprint density at radius 2 is 2.11 bits per heavy atom. The van der Waals surface area contributed by atoms with Crippen molar-refractivity contribution >= 4 is 5.97 Å². The van der Waals surface area contributed by atoms with E-state index in [2.05, 4.69) is 27.4 Å². The monoisotopic (exact) mass is 264 g/mol. The van der Waals surface area contributed by atoms with Gasteiger partial charge in [0.2, 0.25) is 0 Å². The Bertz CT molecular complexity index is 383. The van der Waals surface area contributed by atoms with Gasteiger partial charge in [-0.1, -0.05) is 19.1 Å². The van der Waals surface area contributed by atoms with E-state index in [-0.39, 0.29) is 11.6 Å². The summed E-state index contributed by atoms with van der Waals surface area (Å²) >= 11 is 0. The van der Waals surface area contributed by atoms with Gasteiger partial charge in [0.05, 0.1) is 0 Å². The van der Waals surface area contributed by atoms with E-state index in [9.17, 15) is 4.79 Å². The molecule has 0 unspecified atom stereocenters. The average molecular weight is 264 g/mol. The molecule has 108 valence electrons. The number of rotatable bonds is 2. The Hall–Kier alpha value is -0.790. The largest absolute Gasteiger partial charge is 0.460 e. The predicted molar refractivity (Wildman–Crippen MR) is 77.8 cm³/mol. The molecule has 2 aliphatic carbocycles. The molecule has 0 amide bonds. The molecule has 2 aliphatic rings. The molecule has 2 saturated carbocycles. The molecule has 2 rings (SSSR count). The first-order valence-electron chi connectivity index (χ1n) is 7.62. The van der Waals surface area contributed by atoms with Gasteiger partial charge in [-0.3, -0.25) is 4.79 Å². The third kappa shape index (κ3) is 2.88. The SMILES string of the molecule is C=C1CCC[C@]2(C)CC[C@@H](C(C)(C)OC(C)=O)C[C@H]12. The molecule has 0 aliphatic heterocycles. The molecule has 0 radical (unpaired) electrons. The minimum Gasteiger partial charge on any atom is -0.460 e. The van der Waals surface area contributed by atoms with Crippen molar-refractivity contribution in [1.82, 2.24) is 0 Å². The quantitative estimate of drug-likeness (QED) is 0.542. The van der Waals surface area contributed by atoms with Gasteiger partial charge in [0.15, 0.2) is 0 Å². The van der Waals surface area contributed by atoms with Crippen molar-refractivity contribution in [3.63, 3.8) is 0 Å². The number of hydrogen-bond acceptors (Lipinski definition) is 2. The minimum atomic E-state index is -0.342. The maximum atomic E-state index is 11.3. The lowest BCUT2D eigenvalue weighted by Crippen LogP contribution is -2.45. The summed E-state index contributed by atoms with van der Waals surface area (Å²) in [5.41, 5.74) is 1.53. The van der Waals surface area contributed by atoms with Gasteiger partial charge in [0.1, 0.15) is 5.60 Å². The fraction of sp³-hybridized carbons (Fsp3) is 0.824. The molecule has 3 atom stereocenters. The van der Waals surface area contributed by atoms with E-state index in [1.165, 1.54) is 44.6 Å². The van der Waals surface area contributed by atoms with Crippen LogP contribution in [0.2, 0.25) is 0 Å². The van der Waals surface area contributed by atoms with Crippen molar-refractivity contribution in [1.29, 1.82) is 0 Å². The van der Waals surface area contributed by atoms with Crippen LogP contribution in [0, 0.1) is 17.3 Å². The number of esters is 1. The minimum absolute atomic E-state index is 0.166. The van der Waals surface area contributed by atoms with Gasteiger partial charge >= 0.3 is 5.97 Å². The molecule has 0 bridgehead atoms. The van der Waals surface area contributed by atoms with Crippen molar-refractivity contribution in [2.45, 2.75) is 71.8 Å². The zero-order chi connectivity index (χ0) is 14.3. The van der Waals surface area contributed by atoms with Crippen LogP contribution in [0.25, 0.3) is 0 Å². The lowest BCUT2D eigenvalue weighted by molar-refractivity contribution is -0.162. The van der Waals surface area contributed by atoms with E-state index in [0.717, 1.165) is 6.42 Å². The van der Waals surface area contributed by atoms with Crippen molar-refractivity contribution < 1.29 is 9.53 Å².